The lowest BCUT2D eigenvalue weighted by atomic mass is 10.6. The van der Waals surface area contributed by atoms with E-state index >= 15 is 0 Å². The van der Waals surface area contributed by atoms with Gasteiger partial charge in [-0.1, -0.05) is 18.2 Å². The predicted octanol–water partition coefficient (Wildman–Crippen LogP) is -0.100. The van der Waals surface area contributed by atoms with Gasteiger partial charge in [-0.3, -0.25) is 4.79 Å². The average Bonchev–Trinajstić information content (AvgIpc) is 1.79. The van der Waals surface area contributed by atoms with E-state index in [-0.39, 0.29) is 11.6 Å². The second-order valence-electron chi connectivity index (χ2n) is 2.36. The molecule has 0 radical (unpaired) electrons. The van der Waals surface area contributed by atoms with Crippen molar-refractivity contribution in [2.45, 2.75) is 0 Å². The fourth-order valence-electron chi connectivity index (χ4n) is 0.484. The normalized spacial score (nSPS) is 10.8. The maximum Gasteiger partial charge on any atom is 0.235 e. The van der Waals surface area contributed by atoms with Gasteiger partial charge in [-0.2, -0.15) is 0 Å². The van der Waals surface area contributed by atoms with Crippen LogP contribution in [-0.2, 0) is 14.6 Å². The summed E-state index contributed by atoms with van der Waals surface area (Å²) in [7, 11) is -3.26. The van der Waals surface area contributed by atoms with E-state index in [2.05, 4.69) is 11.9 Å². The van der Waals surface area contributed by atoms with Gasteiger partial charge in [-0.25, -0.2) is 8.42 Å². The number of hydrogen-bond acceptors (Lipinski definition) is 3. The topological polar surface area (TPSA) is 63.2 Å². The summed E-state index contributed by atoms with van der Waals surface area (Å²) in [6.07, 6.45) is 0.988. The molecule has 0 aliphatic heterocycles. The van der Waals surface area contributed by atoms with E-state index in [1.165, 1.54) is 0 Å². The van der Waals surface area contributed by atoms with Crippen LogP contribution >= 0.6 is 11.6 Å². The molecule has 0 aliphatic rings. The highest BCUT2D eigenvalue weighted by Gasteiger charge is 2.09. The van der Waals surface area contributed by atoms with Crippen molar-refractivity contribution in [2.24, 2.45) is 0 Å². The Balaban J connectivity index is 3.84. The molecule has 0 aromatic carbocycles. The zero-order valence-corrected chi connectivity index (χ0v) is 8.20. The van der Waals surface area contributed by atoms with Crippen molar-refractivity contribution in [2.75, 3.05) is 18.6 Å². The highest BCUT2D eigenvalue weighted by atomic mass is 35.5. The van der Waals surface area contributed by atoms with Gasteiger partial charge < -0.3 is 5.32 Å². The predicted molar refractivity (Wildman–Crippen MR) is 47.7 cm³/mol. The van der Waals surface area contributed by atoms with Gasteiger partial charge in [0, 0.05) is 11.3 Å². The van der Waals surface area contributed by atoms with Crippen molar-refractivity contribution in [1.82, 2.24) is 5.32 Å². The lowest BCUT2D eigenvalue weighted by Gasteiger charge is -2.01. The molecule has 0 unspecified atom stereocenters. The zero-order valence-electron chi connectivity index (χ0n) is 6.63. The molecule has 0 fully saturated rings. The van der Waals surface area contributed by atoms with Gasteiger partial charge >= 0.3 is 0 Å². The summed E-state index contributed by atoms with van der Waals surface area (Å²) in [6.45, 7) is 3.42. The first-order chi connectivity index (χ1) is 5.31. The lowest BCUT2D eigenvalue weighted by Crippen LogP contribution is -2.30. The van der Waals surface area contributed by atoms with Crippen LogP contribution in [0, 0.1) is 0 Å². The van der Waals surface area contributed by atoms with Gasteiger partial charge in [-0.05, 0) is 0 Å². The number of rotatable bonds is 4. The van der Waals surface area contributed by atoms with Crippen LogP contribution in [0.15, 0.2) is 11.6 Å². The number of carbonyl (C=O) groups excluding carboxylic acids is 1. The minimum Gasteiger partial charge on any atom is -0.350 e. The second kappa shape index (κ2) is 4.47. The van der Waals surface area contributed by atoms with Crippen molar-refractivity contribution < 1.29 is 13.2 Å². The highest BCUT2D eigenvalue weighted by Crippen LogP contribution is 1.92. The first-order valence-electron chi connectivity index (χ1n) is 3.09. The molecule has 1 N–H and O–H groups in total. The molecule has 0 spiro atoms. The van der Waals surface area contributed by atoms with Crippen molar-refractivity contribution >= 4 is 27.3 Å². The Morgan fingerprint density at radius 3 is 2.42 bits per heavy atom. The highest BCUT2D eigenvalue weighted by molar-refractivity contribution is 7.91. The Bertz CT molecular complexity index is 283. The Hall–Kier alpha value is -0.550. The van der Waals surface area contributed by atoms with Gasteiger partial charge in [0.15, 0.2) is 9.84 Å². The van der Waals surface area contributed by atoms with Crippen molar-refractivity contribution in [1.29, 1.82) is 0 Å². The summed E-state index contributed by atoms with van der Waals surface area (Å²) in [5.41, 5.74) is 0. The molecule has 4 nitrogen and oxygen atoms in total. The molecule has 0 rings (SSSR count). The molecule has 12 heavy (non-hydrogen) atoms. The van der Waals surface area contributed by atoms with Gasteiger partial charge in [0.25, 0.3) is 0 Å². The quantitative estimate of drug-likeness (QED) is 0.707. The number of halogens is 1. The largest absolute Gasteiger partial charge is 0.350 e. The van der Waals surface area contributed by atoms with Gasteiger partial charge in [0.1, 0.15) is 5.75 Å². The summed E-state index contributed by atoms with van der Waals surface area (Å²) in [5.74, 6) is -1.09. The molecule has 0 aliphatic carbocycles. The fourth-order valence-corrected chi connectivity index (χ4v) is 1.13. The monoisotopic (exact) mass is 211 g/mol. The molecule has 0 atom stereocenters. The molecule has 0 bridgehead atoms. The maximum atomic E-state index is 10.8. The summed E-state index contributed by atoms with van der Waals surface area (Å²) in [5, 5.41) is 2.55. The molecule has 0 saturated carbocycles. The van der Waals surface area contributed by atoms with Gasteiger partial charge in [0.2, 0.25) is 5.91 Å². The number of sulfone groups is 1. The smallest absolute Gasteiger partial charge is 0.235 e. The second-order valence-corrected chi connectivity index (χ2v) is 5.04. The molecule has 0 heterocycles. The van der Waals surface area contributed by atoms with Crippen LogP contribution in [0.5, 0.6) is 0 Å². The standard InChI is InChI=1S/C6H10ClNO3S/c1-5(7)3-8-6(9)4-12(2,10)11/h1,3-4H2,2H3,(H,8,9). The lowest BCUT2D eigenvalue weighted by molar-refractivity contribution is -0.118. The van der Waals surface area contributed by atoms with E-state index in [1.54, 1.807) is 0 Å². The average molecular weight is 212 g/mol. The molecule has 0 aromatic rings. The Labute approximate surface area is 76.5 Å². The zero-order chi connectivity index (χ0) is 9.78. The number of amides is 1. The molecule has 0 aromatic heterocycles. The van der Waals surface area contributed by atoms with E-state index < -0.39 is 21.5 Å². The third kappa shape index (κ3) is 7.56. The third-order valence-electron chi connectivity index (χ3n) is 0.871. The van der Waals surface area contributed by atoms with Gasteiger partial charge in [-0.15, -0.1) is 0 Å². The summed E-state index contributed by atoms with van der Waals surface area (Å²) in [6, 6.07) is 0. The van der Waals surface area contributed by atoms with Crippen molar-refractivity contribution in [3.05, 3.63) is 11.6 Å². The van der Waals surface area contributed by atoms with Crippen LogP contribution in [0.2, 0.25) is 0 Å². The van der Waals surface area contributed by atoms with E-state index in [0.717, 1.165) is 6.26 Å². The summed E-state index contributed by atoms with van der Waals surface area (Å²) in [4.78, 5) is 10.8. The fraction of sp³-hybridized carbons (Fsp3) is 0.500. The van der Waals surface area contributed by atoms with Gasteiger partial charge in [0.05, 0.1) is 6.54 Å². The SMILES string of the molecule is C=C(Cl)CNC(=O)CS(C)(=O)=O. The maximum absolute atomic E-state index is 10.8. The molecular formula is C6H10ClNO3S. The Kier molecular flexibility index (Phi) is 4.26. The van der Waals surface area contributed by atoms with Crippen LogP contribution in [0.4, 0.5) is 0 Å². The van der Waals surface area contributed by atoms with Crippen LogP contribution in [0.3, 0.4) is 0 Å². The van der Waals surface area contributed by atoms with Crippen molar-refractivity contribution in [3.8, 4) is 0 Å². The third-order valence-corrected chi connectivity index (χ3v) is 1.79. The van der Waals surface area contributed by atoms with Crippen molar-refractivity contribution in [3.63, 3.8) is 0 Å². The van der Waals surface area contributed by atoms with Crippen LogP contribution < -0.4 is 5.32 Å². The molecule has 1 amide bonds. The molecular weight excluding hydrogens is 202 g/mol. The van der Waals surface area contributed by atoms with E-state index in [0.29, 0.717) is 0 Å². The number of hydrogen-bond donors (Lipinski definition) is 1. The summed E-state index contributed by atoms with van der Waals surface area (Å²) >= 11 is 5.33. The van der Waals surface area contributed by atoms with Crippen LogP contribution in [0.1, 0.15) is 0 Å². The minimum atomic E-state index is -3.26. The van der Waals surface area contributed by atoms with E-state index in [4.69, 9.17) is 11.6 Å². The summed E-state index contributed by atoms with van der Waals surface area (Å²) < 4.78 is 21.1. The molecule has 70 valence electrons. The first-order valence-corrected chi connectivity index (χ1v) is 5.53. The first kappa shape index (κ1) is 11.4. The Morgan fingerprint density at radius 2 is 2.08 bits per heavy atom. The minimum absolute atomic E-state index is 0.0932. The number of nitrogens with one attached hydrogen (secondary N) is 1. The molecule has 6 heteroatoms. The molecule has 0 saturated heterocycles. The number of carbonyl (C=O) groups is 1. The van der Waals surface area contributed by atoms with E-state index in [9.17, 15) is 13.2 Å². The Morgan fingerprint density at radius 1 is 1.58 bits per heavy atom. The van der Waals surface area contributed by atoms with Crippen LogP contribution in [0.25, 0.3) is 0 Å². The van der Waals surface area contributed by atoms with E-state index in [1.807, 2.05) is 0 Å². The van der Waals surface area contributed by atoms with Crippen LogP contribution in [-0.4, -0.2) is 32.9 Å².